The maximum atomic E-state index is 6.21. The summed E-state index contributed by atoms with van der Waals surface area (Å²) in [7, 11) is 0. The van der Waals surface area contributed by atoms with Crippen LogP contribution < -0.4 is 10.5 Å². The van der Waals surface area contributed by atoms with Gasteiger partial charge in [-0.25, -0.2) is 0 Å². The van der Waals surface area contributed by atoms with E-state index in [0.717, 1.165) is 17.2 Å². The van der Waals surface area contributed by atoms with Crippen LogP contribution in [0.4, 0.5) is 0 Å². The monoisotopic (exact) mass is 277 g/mol. The largest absolute Gasteiger partial charge is 0.494 e. The van der Waals surface area contributed by atoms with Gasteiger partial charge in [-0.3, -0.25) is 0 Å². The second kappa shape index (κ2) is 7.65. The van der Waals surface area contributed by atoms with Crippen LogP contribution in [-0.4, -0.2) is 19.3 Å². The average molecular weight is 277 g/mol. The molecule has 0 spiro atoms. The molecular weight excluding hydrogens is 250 g/mol. The topological polar surface area (TPSA) is 44.5 Å². The minimum absolute atomic E-state index is 0.0529. The van der Waals surface area contributed by atoms with Crippen LogP contribution in [-0.2, 0) is 4.74 Å². The molecule has 0 heterocycles. The molecule has 3 heteroatoms. The lowest BCUT2D eigenvalue weighted by Crippen LogP contribution is -2.26. The summed E-state index contributed by atoms with van der Waals surface area (Å²) in [5.41, 5.74) is 7.31. The Morgan fingerprint density at radius 3 is 2.65 bits per heavy atom. The molecule has 1 fully saturated rings. The number of hydrogen-bond acceptors (Lipinski definition) is 3. The third-order valence-electron chi connectivity index (χ3n) is 4.02. The molecule has 2 rings (SSSR count). The van der Waals surface area contributed by atoms with Gasteiger partial charge in [-0.15, -0.1) is 0 Å². The van der Waals surface area contributed by atoms with Gasteiger partial charge in [-0.1, -0.05) is 31.9 Å². The van der Waals surface area contributed by atoms with Gasteiger partial charge in [-0.05, 0) is 43.4 Å². The first-order valence-corrected chi connectivity index (χ1v) is 7.79. The van der Waals surface area contributed by atoms with E-state index < -0.39 is 0 Å². The van der Waals surface area contributed by atoms with Crippen LogP contribution in [0.15, 0.2) is 24.3 Å². The van der Waals surface area contributed by atoms with Crippen molar-refractivity contribution in [3.05, 3.63) is 29.8 Å². The molecule has 2 N–H and O–H groups in total. The Kier molecular flexibility index (Phi) is 5.86. The van der Waals surface area contributed by atoms with Crippen LogP contribution >= 0.6 is 0 Å². The second-order valence-corrected chi connectivity index (χ2v) is 5.84. The molecule has 1 aromatic carbocycles. The first-order chi connectivity index (χ1) is 9.69. The lowest BCUT2D eigenvalue weighted by Gasteiger charge is -2.28. The summed E-state index contributed by atoms with van der Waals surface area (Å²) in [6.07, 6.45) is 5.37. The van der Waals surface area contributed by atoms with Gasteiger partial charge in [0.1, 0.15) is 5.75 Å². The molecule has 1 aliphatic carbocycles. The molecule has 1 aromatic rings. The van der Waals surface area contributed by atoms with Crippen molar-refractivity contribution in [3.63, 3.8) is 0 Å². The Labute approximate surface area is 122 Å². The van der Waals surface area contributed by atoms with E-state index in [1.54, 1.807) is 0 Å². The van der Waals surface area contributed by atoms with Gasteiger partial charge >= 0.3 is 0 Å². The van der Waals surface area contributed by atoms with Crippen LogP contribution in [0.5, 0.6) is 5.75 Å². The first-order valence-electron chi connectivity index (χ1n) is 7.79. The van der Waals surface area contributed by atoms with Crippen LogP contribution in [0.2, 0.25) is 0 Å². The molecule has 0 amide bonds. The molecule has 0 radical (unpaired) electrons. The zero-order valence-electron chi connectivity index (χ0n) is 12.7. The number of rotatable bonds is 6. The third kappa shape index (κ3) is 4.50. The molecule has 1 aliphatic rings. The van der Waals surface area contributed by atoms with Crippen molar-refractivity contribution >= 4 is 0 Å². The predicted molar refractivity (Wildman–Crippen MR) is 81.9 cm³/mol. The standard InChI is InChI=1S/C17H27NO2/c1-3-19-15-9-7-14(8-10-15)17(18)12-20-16-6-4-5-13(2)11-16/h7-10,13,16-17H,3-6,11-12,18H2,1-2H3. The zero-order valence-corrected chi connectivity index (χ0v) is 12.7. The minimum Gasteiger partial charge on any atom is -0.494 e. The average Bonchev–Trinajstić information content (AvgIpc) is 2.46. The molecular formula is C17H27NO2. The van der Waals surface area contributed by atoms with Crippen LogP contribution in [0.25, 0.3) is 0 Å². The Hall–Kier alpha value is -1.06. The highest BCUT2D eigenvalue weighted by Gasteiger charge is 2.20. The van der Waals surface area contributed by atoms with Gasteiger partial charge in [0, 0.05) is 0 Å². The molecule has 3 atom stereocenters. The van der Waals surface area contributed by atoms with E-state index in [1.165, 1.54) is 25.7 Å². The highest BCUT2D eigenvalue weighted by atomic mass is 16.5. The number of hydrogen-bond donors (Lipinski definition) is 1. The zero-order chi connectivity index (χ0) is 14.4. The summed E-state index contributed by atoms with van der Waals surface area (Å²) in [5, 5.41) is 0. The molecule has 20 heavy (non-hydrogen) atoms. The first kappa shape index (κ1) is 15.3. The van der Waals surface area contributed by atoms with Gasteiger partial charge in [0.15, 0.2) is 0 Å². The van der Waals surface area contributed by atoms with Crippen LogP contribution in [0, 0.1) is 5.92 Å². The molecule has 0 saturated heterocycles. The molecule has 0 bridgehead atoms. The lowest BCUT2D eigenvalue weighted by molar-refractivity contribution is 0.00851. The maximum Gasteiger partial charge on any atom is 0.119 e. The van der Waals surface area contributed by atoms with E-state index in [-0.39, 0.29) is 6.04 Å². The number of ether oxygens (including phenoxy) is 2. The maximum absolute atomic E-state index is 6.21. The van der Waals surface area contributed by atoms with E-state index in [2.05, 4.69) is 6.92 Å². The smallest absolute Gasteiger partial charge is 0.119 e. The Morgan fingerprint density at radius 2 is 2.00 bits per heavy atom. The van der Waals surface area contributed by atoms with E-state index >= 15 is 0 Å². The van der Waals surface area contributed by atoms with E-state index in [4.69, 9.17) is 15.2 Å². The Morgan fingerprint density at radius 1 is 1.25 bits per heavy atom. The normalized spacial score (nSPS) is 24.4. The van der Waals surface area contributed by atoms with Gasteiger partial charge in [-0.2, -0.15) is 0 Å². The Balaban J connectivity index is 1.80. The molecule has 3 nitrogen and oxygen atoms in total. The van der Waals surface area contributed by atoms with Gasteiger partial charge in [0.2, 0.25) is 0 Å². The van der Waals surface area contributed by atoms with Gasteiger partial charge in [0.05, 0.1) is 25.4 Å². The van der Waals surface area contributed by atoms with Crippen molar-refractivity contribution in [3.8, 4) is 5.75 Å². The molecule has 0 aromatic heterocycles. The predicted octanol–water partition coefficient (Wildman–Crippen LogP) is 3.68. The number of nitrogens with two attached hydrogens (primary N) is 1. The Bertz CT molecular complexity index is 390. The third-order valence-corrected chi connectivity index (χ3v) is 4.02. The van der Waals surface area contributed by atoms with E-state index in [0.29, 0.717) is 19.3 Å². The fourth-order valence-electron chi connectivity index (χ4n) is 2.84. The van der Waals surface area contributed by atoms with Crippen LogP contribution in [0.1, 0.15) is 51.1 Å². The van der Waals surface area contributed by atoms with Gasteiger partial charge in [0.25, 0.3) is 0 Å². The molecule has 1 saturated carbocycles. The summed E-state index contributed by atoms with van der Waals surface area (Å²) in [4.78, 5) is 0. The lowest BCUT2D eigenvalue weighted by atomic mass is 9.89. The molecule has 0 aliphatic heterocycles. The second-order valence-electron chi connectivity index (χ2n) is 5.84. The highest BCUT2D eigenvalue weighted by Crippen LogP contribution is 2.26. The summed E-state index contributed by atoms with van der Waals surface area (Å²) < 4.78 is 11.4. The van der Waals surface area contributed by atoms with Crippen molar-refractivity contribution < 1.29 is 9.47 Å². The van der Waals surface area contributed by atoms with Crippen molar-refractivity contribution in [1.29, 1.82) is 0 Å². The van der Waals surface area contributed by atoms with Gasteiger partial charge < -0.3 is 15.2 Å². The summed E-state index contributed by atoms with van der Waals surface area (Å²) in [5.74, 6) is 1.68. The van der Waals surface area contributed by atoms with E-state index in [1.807, 2.05) is 31.2 Å². The summed E-state index contributed by atoms with van der Waals surface area (Å²) in [6.45, 7) is 5.58. The van der Waals surface area contributed by atoms with Crippen molar-refractivity contribution in [2.45, 2.75) is 51.7 Å². The fourth-order valence-corrected chi connectivity index (χ4v) is 2.84. The highest BCUT2D eigenvalue weighted by molar-refractivity contribution is 5.29. The molecule has 112 valence electrons. The van der Waals surface area contributed by atoms with Crippen molar-refractivity contribution in [2.24, 2.45) is 11.7 Å². The van der Waals surface area contributed by atoms with E-state index in [9.17, 15) is 0 Å². The summed E-state index contributed by atoms with van der Waals surface area (Å²) in [6, 6.07) is 7.95. The molecule has 3 unspecified atom stereocenters. The SMILES string of the molecule is CCOc1ccc(C(N)COC2CCCC(C)C2)cc1. The summed E-state index contributed by atoms with van der Waals surface area (Å²) >= 11 is 0. The van der Waals surface area contributed by atoms with Crippen molar-refractivity contribution in [1.82, 2.24) is 0 Å². The van der Waals surface area contributed by atoms with Crippen molar-refractivity contribution in [2.75, 3.05) is 13.2 Å². The fraction of sp³-hybridized carbons (Fsp3) is 0.647. The quantitative estimate of drug-likeness (QED) is 0.862. The van der Waals surface area contributed by atoms with Crippen LogP contribution in [0.3, 0.4) is 0 Å². The number of benzene rings is 1. The minimum atomic E-state index is -0.0529.